The van der Waals surface area contributed by atoms with Crippen LogP contribution in [0.15, 0.2) is 0 Å². The minimum Gasteiger partial charge on any atom is -0.479 e. The van der Waals surface area contributed by atoms with Gasteiger partial charge in [-0.2, -0.15) is 0 Å². The second-order valence-electron chi connectivity index (χ2n) is 4.23. The molecule has 0 fully saturated rings. The molecule has 0 aromatic heterocycles. The van der Waals surface area contributed by atoms with Crippen molar-refractivity contribution in [3.8, 4) is 0 Å². The number of carbonyl (C=O) groups is 3. The zero-order valence-corrected chi connectivity index (χ0v) is 11.5. The number of hydrogen-bond acceptors (Lipinski definition) is 6. The Morgan fingerprint density at radius 3 is 1.05 bits per heavy atom. The van der Waals surface area contributed by atoms with Crippen LogP contribution in [0.4, 0.5) is 0 Å². The first-order valence-corrected chi connectivity index (χ1v) is 5.45. The number of hydrogen-bond donors (Lipinski definition) is 3. The number of ether oxygens (including phenoxy) is 3. The molecule has 0 heterocycles. The van der Waals surface area contributed by atoms with Crippen LogP contribution < -0.4 is 0 Å². The summed E-state index contributed by atoms with van der Waals surface area (Å²) in [5, 5.41) is 27.4. The van der Waals surface area contributed by atoms with Crippen molar-refractivity contribution in [1.29, 1.82) is 0 Å². The highest BCUT2D eigenvalue weighted by Crippen LogP contribution is 2.36. The van der Waals surface area contributed by atoms with Crippen molar-refractivity contribution in [2.24, 2.45) is 5.41 Å². The van der Waals surface area contributed by atoms with Crippen LogP contribution in [0.2, 0.25) is 0 Å². The highest BCUT2D eigenvalue weighted by Gasteiger charge is 2.57. The van der Waals surface area contributed by atoms with E-state index >= 15 is 0 Å². The molecule has 9 nitrogen and oxygen atoms in total. The van der Waals surface area contributed by atoms with Gasteiger partial charge in [-0.1, -0.05) is 6.92 Å². The van der Waals surface area contributed by atoms with Gasteiger partial charge in [0.2, 0.25) is 0 Å². The third-order valence-corrected chi connectivity index (χ3v) is 3.07. The lowest BCUT2D eigenvalue weighted by Crippen LogP contribution is -2.60. The summed E-state index contributed by atoms with van der Waals surface area (Å²) in [5.41, 5.74) is -2.00. The molecule has 0 spiro atoms. The molecule has 0 aromatic rings. The number of methoxy groups -OCH3 is 3. The quantitative estimate of drug-likeness (QED) is 0.503. The fraction of sp³-hybridized carbons (Fsp3) is 0.727. The van der Waals surface area contributed by atoms with Crippen LogP contribution in [-0.4, -0.2) is 72.9 Å². The molecule has 3 atom stereocenters. The van der Waals surface area contributed by atoms with E-state index in [1.807, 2.05) is 0 Å². The molecule has 0 aliphatic carbocycles. The van der Waals surface area contributed by atoms with Crippen molar-refractivity contribution in [2.45, 2.75) is 25.2 Å². The van der Waals surface area contributed by atoms with Crippen molar-refractivity contribution >= 4 is 17.9 Å². The van der Waals surface area contributed by atoms with Gasteiger partial charge in [0.1, 0.15) is 0 Å². The van der Waals surface area contributed by atoms with Gasteiger partial charge in [0.15, 0.2) is 18.3 Å². The van der Waals surface area contributed by atoms with Crippen LogP contribution in [0.3, 0.4) is 0 Å². The number of carboxylic acid groups (broad SMARTS) is 3. The first kappa shape index (κ1) is 18.3. The van der Waals surface area contributed by atoms with Gasteiger partial charge in [-0.3, -0.25) is 0 Å². The standard InChI is InChI=1S/C11H18O9/c1-11(5(18-2)8(12)13,6(19-3)9(14)15)7(20-4)10(16)17/h5-7H,1-4H3,(H,12,13)(H,14,15)(H,16,17). The Hall–Kier alpha value is -1.71. The van der Waals surface area contributed by atoms with Crippen molar-refractivity contribution in [3.05, 3.63) is 0 Å². The molecule has 0 aliphatic rings. The van der Waals surface area contributed by atoms with Crippen molar-refractivity contribution in [2.75, 3.05) is 21.3 Å². The summed E-state index contributed by atoms with van der Waals surface area (Å²) < 4.78 is 14.3. The predicted octanol–water partition coefficient (Wildman–Crippen LogP) is -0.708. The van der Waals surface area contributed by atoms with Crippen molar-refractivity contribution in [3.63, 3.8) is 0 Å². The van der Waals surface area contributed by atoms with Crippen LogP contribution in [0.5, 0.6) is 0 Å². The summed E-state index contributed by atoms with van der Waals surface area (Å²) in [5.74, 6) is -4.58. The molecule has 0 saturated carbocycles. The summed E-state index contributed by atoms with van der Waals surface area (Å²) in [4.78, 5) is 33.7. The van der Waals surface area contributed by atoms with Crippen LogP contribution in [-0.2, 0) is 28.6 Å². The zero-order valence-electron chi connectivity index (χ0n) is 11.5. The van der Waals surface area contributed by atoms with Crippen LogP contribution in [0, 0.1) is 5.41 Å². The van der Waals surface area contributed by atoms with E-state index in [1.54, 1.807) is 0 Å². The number of aliphatic carboxylic acids is 3. The minimum absolute atomic E-state index is 1.03. The molecular weight excluding hydrogens is 276 g/mol. The lowest BCUT2D eigenvalue weighted by molar-refractivity contribution is -0.202. The molecule has 0 saturated heterocycles. The van der Waals surface area contributed by atoms with E-state index in [9.17, 15) is 14.4 Å². The Bertz CT molecular complexity index is 323. The van der Waals surface area contributed by atoms with E-state index in [1.165, 1.54) is 0 Å². The fourth-order valence-electron chi connectivity index (χ4n) is 2.27. The summed E-state index contributed by atoms with van der Waals surface area (Å²) >= 11 is 0. The summed E-state index contributed by atoms with van der Waals surface area (Å²) in [6.07, 6.45) is -5.28. The Morgan fingerprint density at radius 2 is 0.950 bits per heavy atom. The average Bonchev–Trinajstić information content (AvgIpc) is 2.29. The fourth-order valence-corrected chi connectivity index (χ4v) is 2.27. The molecule has 0 aromatic carbocycles. The molecule has 0 amide bonds. The molecule has 0 aliphatic heterocycles. The summed E-state index contributed by atoms with van der Waals surface area (Å²) in [7, 11) is 3.08. The predicted molar refractivity (Wildman–Crippen MR) is 63.4 cm³/mol. The Morgan fingerprint density at radius 1 is 0.750 bits per heavy atom. The van der Waals surface area contributed by atoms with Crippen LogP contribution in [0.25, 0.3) is 0 Å². The topological polar surface area (TPSA) is 140 Å². The van der Waals surface area contributed by atoms with E-state index < -0.39 is 41.6 Å². The van der Waals surface area contributed by atoms with Gasteiger partial charge in [0.05, 0.1) is 5.41 Å². The molecule has 3 unspecified atom stereocenters. The molecule has 0 radical (unpaired) electrons. The normalized spacial score (nSPS) is 18.6. The molecule has 116 valence electrons. The maximum atomic E-state index is 11.2. The minimum atomic E-state index is -2.00. The van der Waals surface area contributed by atoms with Gasteiger partial charge < -0.3 is 29.5 Å². The first-order chi connectivity index (χ1) is 9.18. The van der Waals surface area contributed by atoms with E-state index in [2.05, 4.69) is 0 Å². The van der Waals surface area contributed by atoms with Gasteiger partial charge in [-0.25, -0.2) is 14.4 Å². The smallest absolute Gasteiger partial charge is 0.333 e. The first-order valence-electron chi connectivity index (χ1n) is 5.45. The second-order valence-corrected chi connectivity index (χ2v) is 4.23. The summed E-state index contributed by atoms with van der Waals surface area (Å²) in [6.45, 7) is 1.11. The summed E-state index contributed by atoms with van der Waals surface area (Å²) in [6, 6.07) is 0. The van der Waals surface area contributed by atoms with E-state index in [4.69, 9.17) is 29.5 Å². The lowest BCUT2D eigenvalue weighted by Gasteiger charge is -2.41. The average molecular weight is 294 g/mol. The Balaban J connectivity index is 6.06. The maximum Gasteiger partial charge on any atom is 0.333 e. The van der Waals surface area contributed by atoms with E-state index in [0.29, 0.717) is 0 Å². The van der Waals surface area contributed by atoms with E-state index in [0.717, 1.165) is 28.3 Å². The highest BCUT2D eigenvalue weighted by atomic mass is 16.5. The van der Waals surface area contributed by atoms with Crippen LogP contribution in [0.1, 0.15) is 6.92 Å². The Labute approximate surface area is 115 Å². The maximum absolute atomic E-state index is 11.2. The van der Waals surface area contributed by atoms with Gasteiger partial charge in [-0.15, -0.1) is 0 Å². The van der Waals surface area contributed by atoms with Gasteiger partial charge in [0, 0.05) is 21.3 Å². The zero-order chi connectivity index (χ0) is 16.1. The van der Waals surface area contributed by atoms with Gasteiger partial charge in [-0.05, 0) is 0 Å². The second kappa shape index (κ2) is 7.17. The molecular formula is C11H18O9. The molecule has 20 heavy (non-hydrogen) atoms. The lowest BCUT2D eigenvalue weighted by atomic mass is 9.73. The highest BCUT2D eigenvalue weighted by molar-refractivity contribution is 5.83. The van der Waals surface area contributed by atoms with Crippen molar-refractivity contribution in [1.82, 2.24) is 0 Å². The third-order valence-electron chi connectivity index (χ3n) is 3.07. The monoisotopic (exact) mass is 294 g/mol. The number of rotatable bonds is 9. The largest absolute Gasteiger partial charge is 0.479 e. The number of carboxylic acids is 3. The Kier molecular flexibility index (Phi) is 6.56. The molecule has 3 N–H and O–H groups in total. The third kappa shape index (κ3) is 3.24. The van der Waals surface area contributed by atoms with E-state index in [-0.39, 0.29) is 0 Å². The molecule has 0 rings (SSSR count). The van der Waals surface area contributed by atoms with Crippen LogP contribution >= 0.6 is 0 Å². The van der Waals surface area contributed by atoms with Gasteiger partial charge in [0.25, 0.3) is 0 Å². The molecule has 0 bridgehead atoms. The molecule has 9 heteroatoms. The van der Waals surface area contributed by atoms with Gasteiger partial charge >= 0.3 is 17.9 Å². The SMILES string of the molecule is COC(C(=O)O)C(C)(C(OC)C(=O)O)C(OC)C(=O)O. The van der Waals surface area contributed by atoms with Crippen molar-refractivity contribution < 1.29 is 43.9 Å².